The van der Waals surface area contributed by atoms with Crippen molar-refractivity contribution in [1.82, 2.24) is 0 Å². The lowest BCUT2D eigenvalue weighted by molar-refractivity contribution is 0.129. The predicted molar refractivity (Wildman–Crippen MR) is 126 cm³/mol. The molecule has 3 rings (SSSR count). The molecule has 162 valence electrons. The monoisotopic (exact) mass is 396 g/mol. The highest BCUT2D eigenvalue weighted by Gasteiger charge is 2.49. The van der Waals surface area contributed by atoms with Crippen LogP contribution in [-0.4, -0.2) is 11.2 Å². The second kappa shape index (κ2) is 9.38. The maximum Gasteiger partial charge on any atom is 0.0583 e. The Bertz CT molecular complexity index is 691. The first-order valence-corrected chi connectivity index (χ1v) is 12.2. The van der Waals surface area contributed by atoms with E-state index in [1.165, 1.54) is 36.8 Å². The molecular weight excluding hydrogens is 352 g/mol. The highest BCUT2D eigenvalue weighted by atomic mass is 16.3. The molecular formula is C28H44O. The fourth-order valence-electron chi connectivity index (χ4n) is 6.10. The van der Waals surface area contributed by atoms with Gasteiger partial charge in [-0.05, 0) is 98.0 Å². The predicted octanol–water partition coefficient (Wildman–Crippen LogP) is 7.64. The van der Waals surface area contributed by atoms with Crippen LogP contribution in [0.1, 0.15) is 86.5 Å². The molecule has 0 spiro atoms. The average molecular weight is 397 g/mol. The molecule has 1 nitrogen and oxygen atoms in total. The SMILES string of the molecule is CC1=C(/C=C/C2=CCC[C@]3(C)[C@@H]2CC[C@@H]3[C@H](C)/C=C/[C@H](C)C(C)C)C[C@@H](O)CC1. The number of allylic oxidation sites excluding steroid dienone is 7. The molecule has 1 N–H and O–H groups in total. The normalized spacial score (nSPS) is 35.4. The summed E-state index contributed by atoms with van der Waals surface area (Å²) in [5.74, 6) is 3.53. The molecule has 0 aromatic rings. The second-order valence-corrected chi connectivity index (χ2v) is 10.9. The van der Waals surface area contributed by atoms with Crippen LogP contribution < -0.4 is 0 Å². The summed E-state index contributed by atoms with van der Waals surface area (Å²) in [7, 11) is 0. The summed E-state index contributed by atoms with van der Waals surface area (Å²) < 4.78 is 0. The Morgan fingerprint density at radius 2 is 1.83 bits per heavy atom. The molecule has 1 heteroatoms. The summed E-state index contributed by atoms with van der Waals surface area (Å²) in [6.07, 6.45) is 20.1. The van der Waals surface area contributed by atoms with Crippen LogP contribution in [0.5, 0.6) is 0 Å². The lowest BCUT2D eigenvalue weighted by Gasteiger charge is -2.42. The highest BCUT2D eigenvalue weighted by molar-refractivity contribution is 5.36. The van der Waals surface area contributed by atoms with Crippen LogP contribution in [0.4, 0.5) is 0 Å². The number of hydrogen-bond donors (Lipinski definition) is 1. The van der Waals surface area contributed by atoms with E-state index in [0.717, 1.165) is 31.1 Å². The summed E-state index contributed by atoms with van der Waals surface area (Å²) in [5.41, 5.74) is 4.82. The van der Waals surface area contributed by atoms with Gasteiger partial charge in [-0.1, -0.05) is 70.6 Å². The number of rotatable bonds is 6. The Morgan fingerprint density at radius 3 is 2.55 bits per heavy atom. The van der Waals surface area contributed by atoms with E-state index in [4.69, 9.17) is 0 Å². The molecule has 1 saturated carbocycles. The van der Waals surface area contributed by atoms with Crippen molar-refractivity contribution in [2.45, 2.75) is 92.6 Å². The van der Waals surface area contributed by atoms with Gasteiger partial charge in [0, 0.05) is 0 Å². The standard InChI is InChI=1S/C28H44O/c1-19(2)20(3)9-10-22(5)26-15-16-27-23(8-7-17-28(26,27)6)12-13-24-18-25(29)14-11-21(24)4/h8-10,12-13,19-20,22,25-27,29H,7,11,14-18H2,1-6H3/b10-9+,13-12+/t20-,22+,25-,26+,27+,28-/m0/s1. The zero-order chi connectivity index (χ0) is 21.2. The van der Waals surface area contributed by atoms with E-state index < -0.39 is 0 Å². The van der Waals surface area contributed by atoms with E-state index in [1.54, 1.807) is 5.57 Å². The van der Waals surface area contributed by atoms with E-state index in [-0.39, 0.29) is 6.10 Å². The van der Waals surface area contributed by atoms with Gasteiger partial charge >= 0.3 is 0 Å². The first-order chi connectivity index (χ1) is 13.7. The van der Waals surface area contributed by atoms with Gasteiger partial charge in [0.1, 0.15) is 0 Å². The maximum atomic E-state index is 10.1. The Morgan fingerprint density at radius 1 is 1.07 bits per heavy atom. The van der Waals surface area contributed by atoms with Crippen LogP contribution in [0.15, 0.2) is 47.1 Å². The number of aliphatic hydroxyl groups excluding tert-OH is 1. The molecule has 0 aromatic heterocycles. The van der Waals surface area contributed by atoms with E-state index in [9.17, 15) is 5.11 Å². The van der Waals surface area contributed by atoms with E-state index in [0.29, 0.717) is 23.2 Å². The van der Waals surface area contributed by atoms with E-state index in [1.807, 2.05) is 0 Å². The van der Waals surface area contributed by atoms with Gasteiger partial charge in [0.2, 0.25) is 0 Å². The van der Waals surface area contributed by atoms with Crippen LogP contribution in [0.25, 0.3) is 0 Å². The highest BCUT2D eigenvalue weighted by Crippen LogP contribution is 2.58. The molecule has 0 aliphatic heterocycles. The van der Waals surface area contributed by atoms with Crippen molar-refractivity contribution < 1.29 is 5.11 Å². The first-order valence-electron chi connectivity index (χ1n) is 12.2. The molecule has 6 atom stereocenters. The van der Waals surface area contributed by atoms with Gasteiger partial charge in [-0.3, -0.25) is 0 Å². The quantitative estimate of drug-likeness (QED) is 0.457. The lowest BCUT2D eigenvalue weighted by Crippen LogP contribution is -2.34. The van der Waals surface area contributed by atoms with Gasteiger partial charge in [0.15, 0.2) is 0 Å². The summed E-state index contributed by atoms with van der Waals surface area (Å²) in [6.45, 7) is 14.2. The Labute approximate surface area is 180 Å². The molecule has 0 unspecified atom stereocenters. The molecule has 0 saturated heterocycles. The van der Waals surface area contributed by atoms with Crippen molar-refractivity contribution in [3.05, 3.63) is 47.1 Å². The van der Waals surface area contributed by atoms with Crippen molar-refractivity contribution >= 4 is 0 Å². The molecule has 0 bridgehead atoms. The third-order valence-electron chi connectivity index (χ3n) is 8.61. The van der Waals surface area contributed by atoms with Crippen LogP contribution >= 0.6 is 0 Å². The van der Waals surface area contributed by atoms with Crippen molar-refractivity contribution in [3.63, 3.8) is 0 Å². The Kier molecular flexibility index (Phi) is 7.31. The van der Waals surface area contributed by atoms with Gasteiger partial charge < -0.3 is 5.11 Å². The topological polar surface area (TPSA) is 20.2 Å². The zero-order valence-electron chi connectivity index (χ0n) is 19.7. The van der Waals surface area contributed by atoms with E-state index in [2.05, 4.69) is 71.9 Å². The van der Waals surface area contributed by atoms with Crippen molar-refractivity contribution in [1.29, 1.82) is 0 Å². The van der Waals surface area contributed by atoms with Crippen LogP contribution in [-0.2, 0) is 0 Å². The molecule has 3 aliphatic rings. The third-order valence-corrected chi connectivity index (χ3v) is 8.61. The van der Waals surface area contributed by atoms with Gasteiger partial charge in [-0.2, -0.15) is 0 Å². The third kappa shape index (κ3) is 4.98. The van der Waals surface area contributed by atoms with Crippen molar-refractivity contribution in [2.75, 3.05) is 0 Å². The number of aliphatic hydroxyl groups is 1. The van der Waals surface area contributed by atoms with Gasteiger partial charge in [-0.25, -0.2) is 0 Å². The van der Waals surface area contributed by atoms with Gasteiger partial charge in [-0.15, -0.1) is 0 Å². The van der Waals surface area contributed by atoms with Gasteiger partial charge in [0.05, 0.1) is 6.10 Å². The fourth-order valence-corrected chi connectivity index (χ4v) is 6.10. The molecule has 1 fully saturated rings. The number of hydrogen-bond acceptors (Lipinski definition) is 1. The van der Waals surface area contributed by atoms with Crippen LogP contribution in [0.2, 0.25) is 0 Å². The molecule has 0 aromatic carbocycles. The molecule has 0 amide bonds. The zero-order valence-corrected chi connectivity index (χ0v) is 19.7. The largest absolute Gasteiger partial charge is 0.393 e. The second-order valence-electron chi connectivity index (χ2n) is 10.9. The molecule has 29 heavy (non-hydrogen) atoms. The smallest absolute Gasteiger partial charge is 0.0583 e. The summed E-state index contributed by atoms with van der Waals surface area (Å²) in [4.78, 5) is 0. The van der Waals surface area contributed by atoms with E-state index >= 15 is 0 Å². The number of fused-ring (bicyclic) bond motifs is 1. The van der Waals surface area contributed by atoms with Crippen LogP contribution in [0.3, 0.4) is 0 Å². The Hall–Kier alpha value is -1.08. The molecule has 0 radical (unpaired) electrons. The molecule has 0 heterocycles. The van der Waals surface area contributed by atoms with Crippen LogP contribution in [0, 0.1) is 35.0 Å². The minimum atomic E-state index is -0.152. The Balaban J connectivity index is 1.73. The minimum Gasteiger partial charge on any atom is -0.393 e. The maximum absolute atomic E-state index is 10.1. The van der Waals surface area contributed by atoms with Crippen molar-refractivity contribution in [2.24, 2.45) is 35.0 Å². The first kappa shape index (κ1) is 22.6. The summed E-state index contributed by atoms with van der Waals surface area (Å²) in [6, 6.07) is 0. The molecule has 3 aliphatic carbocycles. The lowest BCUT2D eigenvalue weighted by atomic mass is 9.62. The summed E-state index contributed by atoms with van der Waals surface area (Å²) in [5, 5.41) is 10.1. The minimum absolute atomic E-state index is 0.152. The fraction of sp³-hybridized carbons (Fsp3) is 0.714. The summed E-state index contributed by atoms with van der Waals surface area (Å²) >= 11 is 0. The average Bonchev–Trinajstić information content (AvgIpc) is 3.04. The van der Waals surface area contributed by atoms with Crippen molar-refractivity contribution in [3.8, 4) is 0 Å². The van der Waals surface area contributed by atoms with Gasteiger partial charge in [0.25, 0.3) is 0 Å².